The van der Waals surface area contributed by atoms with Crippen molar-refractivity contribution in [2.24, 2.45) is 0 Å². The Morgan fingerprint density at radius 3 is 3.08 bits per heavy atom. The predicted molar refractivity (Wildman–Crippen MR) is 87.0 cm³/mol. The number of methoxy groups -OCH3 is 1. The molecule has 1 saturated heterocycles. The number of nitrogens with one attached hydrogen (secondary N) is 1. The lowest BCUT2D eigenvalue weighted by Crippen LogP contribution is -2.57. The van der Waals surface area contributed by atoms with E-state index in [0.717, 1.165) is 41.7 Å². The van der Waals surface area contributed by atoms with E-state index in [1.807, 2.05) is 12.1 Å². The predicted octanol–water partition coefficient (Wildman–Crippen LogP) is 1.70. The summed E-state index contributed by atoms with van der Waals surface area (Å²) in [5.41, 5.74) is 3.39. The van der Waals surface area contributed by atoms with Crippen LogP contribution in [0.2, 0.25) is 0 Å². The number of ether oxygens (including phenoxy) is 2. The lowest BCUT2D eigenvalue weighted by molar-refractivity contribution is -0.157. The minimum absolute atomic E-state index is 0.0446. The van der Waals surface area contributed by atoms with Crippen molar-refractivity contribution >= 4 is 16.9 Å². The number of nitrogens with zero attached hydrogens (tertiary/aromatic N) is 1. The molecule has 0 amide bonds. The second kappa shape index (κ2) is 4.74. The lowest BCUT2D eigenvalue weighted by Gasteiger charge is -2.49. The molecule has 1 spiro atoms. The minimum atomic E-state index is -0.391. The van der Waals surface area contributed by atoms with Crippen molar-refractivity contribution < 1.29 is 19.4 Å². The molecule has 2 aliphatic heterocycles. The number of carbonyl (C=O) groups excluding carboxylic acids is 1. The van der Waals surface area contributed by atoms with Gasteiger partial charge in [0.05, 0.1) is 13.7 Å². The molecule has 0 bridgehead atoms. The Labute approximate surface area is 139 Å². The molecule has 6 nitrogen and oxygen atoms in total. The van der Waals surface area contributed by atoms with Crippen LogP contribution in [-0.2, 0) is 9.53 Å². The zero-order chi connectivity index (χ0) is 16.5. The lowest BCUT2D eigenvalue weighted by atomic mass is 9.84. The van der Waals surface area contributed by atoms with Crippen LogP contribution >= 0.6 is 0 Å². The molecule has 3 unspecified atom stereocenters. The number of rotatable bonds is 4. The van der Waals surface area contributed by atoms with Gasteiger partial charge in [0.25, 0.3) is 0 Å². The van der Waals surface area contributed by atoms with Crippen LogP contribution in [0.5, 0.6) is 5.75 Å². The zero-order valence-electron chi connectivity index (χ0n) is 13.5. The highest BCUT2D eigenvalue weighted by Crippen LogP contribution is 2.69. The molecule has 1 aromatic carbocycles. The summed E-state index contributed by atoms with van der Waals surface area (Å²) in [4.78, 5) is 18.4. The summed E-state index contributed by atoms with van der Waals surface area (Å²) in [6.07, 6.45) is 2.24. The van der Waals surface area contributed by atoms with Gasteiger partial charge in [-0.25, -0.2) is 4.79 Å². The molecule has 3 atom stereocenters. The summed E-state index contributed by atoms with van der Waals surface area (Å²) in [5.74, 6) is 1.05. The molecule has 2 aromatic rings. The SMILES string of the molecule is COc1ccc2[nH]c3c(c2c1)C1CC12CCN2C3C(=O)OCCO. The van der Waals surface area contributed by atoms with Crippen LogP contribution in [0.15, 0.2) is 18.2 Å². The summed E-state index contributed by atoms with van der Waals surface area (Å²) in [5, 5.41) is 10.1. The average Bonchev–Trinajstić information content (AvgIpc) is 3.25. The molecule has 1 aliphatic carbocycles. The molecule has 0 radical (unpaired) electrons. The normalized spacial score (nSPS) is 30.1. The van der Waals surface area contributed by atoms with Crippen LogP contribution in [-0.4, -0.2) is 53.4 Å². The van der Waals surface area contributed by atoms with Crippen LogP contribution < -0.4 is 4.74 Å². The van der Waals surface area contributed by atoms with E-state index in [2.05, 4.69) is 16.0 Å². The van der Waals surface area contributed by atoms with Crippen molar-refractivity contribution in [1.29, 1.82) is 0 Å². The van der Waals surface area contributed by atoms with E-state index >= 15 is 0 Å². The van der Waals surface area contributed by atoms with Crippen LogP contribution in [0.1, 0.15) is 36.1 Å². The molecule has 2 fully saturated rings. The molecule has 1 saturated carbocycles. The first-order chi connectivity index (χ1) is 11.7. The third-order valence-corrected chi connectivity index (χ3v) is 5.97. The number of aromatic nitrogens is 1. The van der Waals surface area contributed by atoms with Crippen LogP contribution in [0.4, 0.5) is 0 Å². The molecule has 3 heterocycles. The van der Waals surface area contributed by atoms with Gasteiger partial charge in [0.1, 0.15) is 18.4 Å². The van der Waals surface area contributed by atoms with Gasteiger partial charge in [-0.2, -0.15) is 0 Å². The van der Waals surface area contributed by atoms with Crippen molar-refractivity contribution in [3.63, 3.8) is 0 Å². The summed E-state index contributed by atoms with van der Waals surface area (Å²) in [7, 11) is 1.67. The fraction of sp³-hybridized carbons (Fsp3) is 0.500. The number of aromatic amines is 1. The Hall–Kier alpha value is -2.05. The molecule has 6 heteroatoms. The summed E-state index contributed by atoms with van der Waals surface area (Å²) in [6, 6.07) is 5.61. The van der Waals surface area contributed by atoms with Crippen molar-refractivity contribution in [2.45, 2.75) is 30.3 Å². The standard InChI is InChI=1S/C18H20N2O4/c1-23-10-2-3-13-11(8-10)14-12-9-18(12)4-5-20(18)16(15(14)19-13)17(22)24-7-6-21/h2-3,8,12,16,19,21H,4-7,9H2,1H3. The number of aliphatic hydroxyl groups excluding tert-OH is 1. The summed E-state index contributed by atoms with van der Waals surface area (Å²) in [6.45, 7) is 0.819. The number of carbonyl (C=O) groups is 1. The van der Waals surface area contributed by atoms with E-state index in [-0.39, 0.29) is 24.7 Å². The molecule has 24 heavy (non-hydrogen) atoms. The quantitative estimate of drug-likeness (QED) is 0.836. The van der Waals surface area contributed by atoms with Crippen molar-refractivity contribution in [3.8, 4) is 5.75 Å². The number of esters is 1. The van der Waals surface area contributed by atoms with Gasteiger partial charge < -0.3 is 19.6 Å². The Kier molecular flexibility index (Phi) is 2.82. The highest BCUT2D eigenvalue weighted by atomic mass is 16.5. The van der Waals surface area contributed by atoms with Gasteiger partial charge in [0, 0.05) is 34.6 Å². The molecular formula is C18H20N2O4. The second-order valence-electron chi connectivity index (χ2n) is 6.96. The summed E-state index contributed by atoms with van der Waals surface area (Å²) < 4.78 is 10.6. The third kappa shape index (κ3) is 1.65. The second-order valence-corrected chi connectivity index (χ2v) is 6.96. The maximum absolute atomic E-state index is 12.7. The Balaban J connectivity index is 1.65. The van der Waals surface area contributed by atoms with E-state index < -0.39 is 6.04 Å². The van der Waals surface area contributed by atoms with E-state index in [1.165, 1.54) is 5.56 Å². The van der Waals surface area contributed by atoms with E-state index in [9.17, 15) is 4.79 Å². The smallest absolute Gasteiger partial charge is 0.329 e. The van der Waals surface area contributed by atoms with Crippen LogP contribution in [0.25, 0.3) is 10.9 Å². The summed E-state index contributed by atoms with van der Waals surface area (Å²) >= 11 is 0. The largest absolute Gasteiger partial charge is 0.497 e. The fourth-order valence-electron chi connectivity index (χ4n) is 4.73. The molecule has 126 valence electrons. The number of hydrogen-bond acceptors (Lipinski definition) is 5. The Bertz CT molecular complexity index is 845. The highest BCUT2D eigenvalue weighted by molar-refractivity contribution is 5.91. The number of aliphatic hydroxyl groups is 1. The van der Waals surface area contributed by atoms with Gasteiger partial charge >= 0.3 is 5.97 Å². The fourth-order valence-corrected chi connectivity index (χ4v) is 4.73. The van der Waals surface area contributed by atoms with Crippen molar-refractivity contribution in [3.05, 3.63) is 29.5 Å². The monoisotopic (exact) mass is 328 g/mol. The Morgan fingerprint density at radius 2 is 2.38 bits per heavy atom. The minimum Gasteiger partial charge on any atom is -0.497 e. The van der Waals surface area contributed by atoms with E-state index in [0.29, 0.717) is 5.92 Å². The first-order valence-corrected chi connectivity index (χ1v) is 8.43. The van der Waals surface area contributed by atoms with E-state index in [1.54, 1.807) is 7.11 Å². The highest BCUT2D eigenvalue weighted by Gasteiger charge is 2.70. The zero-order valence-corrected chi connectivity index (χ0v) is 13.5. The maximum atomic E-state index is 12.7. The first-order valence-electron chi connectivity index (χ1n) is 8.43. The van der Waals surface area contributed by atoms with Gasteiger partial charge in [-0.05, 0) is 36.6 Å². The number of fused-ring (bicyclic) bond motifs is 4. The van der Waals surface area contributed by atoms with Crippen molar-refractivity contribution in [2.75, 3.05) is 26.9 Å². The van der Waals surface area contributed by atoms with Crippen molar-refractivity contribution in [1.82, 2.24) is 9.88 Å². The first kappa shape index (κ1) is 14.3. The molecule has 1 aromatic heterocycles. The molecule has 3 aliphatic rings. The maximum Gasteiger partial charge on any atom is 0.329 e. The van der Waals surface area contributed by atoms with Gasteiger partial charge in [0.15, 0.2) is 0 Å². The molecule has 5 rings (SSSR count). The van der Waals surface area contributed by atoms with Crippen LogP contribution in [0, 0.1) is 0 Å². The van der Waals surface area contributed by atoms with Crippen LogP contribution in [0.3, 0.4) is 0 Å². The van der Waals surface area contributed by atoms with Gasteiger partial charge in [-0.1, -0.05) is 0 Å². The number of benzene rings is 1. The molecule has 2 N–H and O–H groups in total. The van der Waals surface area contributed by atoms with Gasteiger partial charge in [-0.3, -0.25) is 4.90 Å². The molecular weight excluding hydrogens is 308 g/mol. The van der Waals surface area contributed by atoms with Gasteiger partial charge in [-0.15, -0.1) is 0 Å². The number of hydrogen-bond donors (Lipinski definition) is 2. The van der Waals surface area contributed by atoms with Gasteiger partial charge in [0.2, 0.25) is 0 Å². The Morgan fingerprint density at radius 1 is 1.50 bits per heavy atom. The number of H-pyrrole nitrogens is 1. The average molecular weight is 328 g/mol. The topological polar surface area (TPSA) is 74.8 Å². The third-order valence-electron chi connectivity index (χ3n) is 5.97. The van der Waals surface area contributed by atoms with E-state index in [4.69, 9.17) is 14.6 Å².